The number of aryl methyl sites for hydroxylation is 1. The number of carbonyl (C=O) groups is 1. The van der Waals surface area contributed by atoms with Crippen molar-refractivity contribution in [2.24, 2.45) is 0 Å². The molecular formula is C14H13ClO2. The molecule has 0 aliphatic carbocycles. The van der Waals surface area contributed by atoms with Gasteiger partial charge in [0, 0.05) is 24.3 Å². The van der Waals surface area contributed by atoms with Crippen molar-refractivity contribution in [2.75, 3.05) is 0 Å². The van der Waals surface area contributed by atoms with Gasteiger partial charge < -0.3 is 4.42 Å². The van der Waals surface area contributed by atoms with Crippen molar-refractivity contribution in [3.63, 3.8) is 0 Å². The Bertz CT molecular complexity index is 489. The molecule has 0 spiro atoms. The van der Waals surface area contributed by atoms with Gasteiger partial charge in [-0.2, -0.15) is 0 Å². The molecule has 0 bridgehead atoms. The molecule has 0 N–H and O–H groups in total. The van der Waals surface area contributed by atoms with Gasteiger partial charge in [0.05, 0.1) is 6.26 Å². The summed E-state index contributed by atoms with van der Waals surface area (Å²) < 4.78 is 5.18. The van der Waals surface area contributed by atoms with Crippen molar-refractivity contribution in [1.29, 1.82) is 0 Å². The average Bonchev–Trinajstić information content (AvgIpc) is 2.82. The van der Waals surface area contributed by atoms with E-state index in [0.717, 1.165) is 11.3 Å². The zero-order valence-electron chi connectivity index (χ0n) is 9.36. The van der Waals surface area contributed by atoms with Gasteiger partial charge in [-0.15, -0.1) is 0 Å². The molecule has 3 heteroatoms. The quantitative estimate of drug-likeness (QED) is 0.808. The van der Waals surface area contributed by atoms with Gasteiger partial charge in [-0.05, 0) is 23.8 Å². The lowest BCUT2D eigenvalue weighted by Gasteiger charge is -2.02. The Morgan fingerprint density at radius 2 is 2.00 bits per heavy atom. The van der Waals surface area contributed by atoms with Crippen molar-refractivity contribution in [1.82, 2.24) is 0 Å². The van der Waals surface area contributed by atoms with Gasteiger partial charge in [-0.25, -0.2) is 0 Å². The second-order valence-corrected chi connectivity index (χ2v) is 4.29. The summed E-state index contributed by atoms with van der Waals surface area (Å²) in [5, 5.41) is 0.652. The third-order valence-corrected chi connectivity index (χ3v) is 2.94. The first-order valence-electron chi connectivity index (χ1n) is 5.53. The molecule has 1 aromatic heterocycles. The highest BCUT2D eigenvalue weighted by Crippen LogP contribution is 2.16. The Hall–Kier alpha value is -1.54. The van der Waals surface area contributed by atoms with Crippen LogP contribution < -0.4 is 0 Å². The van der Waals surface area contributed by atoms with Crippen molar-refractivity contribution in [3.05, 3.63) is 59.0 Å². The molecule has 0 aliphatic rings. The maximum Gasteiger partial charge on any atom is 0.137 e. The summed E-state index contributed by atoms with van der Waals surface area (Å²) in [7, 11) is 0. The van der Waals surface area contributed by atoms with Crippen LogP contribution in [0.3, 0.4) is 0 Å². The van der Waals surface area contributed by atoms with Gasteiger partial charge in [-0.1, -0.05) is 29.8 Å². The van der Waals surface area contributed by atoms with Gasteiger partial charge in [0.15, 0.2) is 0 Å². The second-order valence-electron chi connectivity index (χ2n) is 3.89. The highest BCUT2D eigenvalue weighted by atomic mass is 35.5. The van der Waals surface area contributed by atoms with Crippen LogP contribution in [0.15, 0.2) is 47.1 Å². The number of ketones is 1. The molecule has 0 amide bonds. The molecule has 0 saturated carbocycles. The summed E-state index contributed by atoms with van der Waals surface area (Å²) >= 11 is 6.00. The SMILES string of the molecule is O=C(CCc1ccco1)Cc1ccccc1Cl. The largest absolute Gasteiger partial charge is 0.469 e. The van der Waals surface area contributed by atoms with Crippen LogP contribution in [0.5, 0.6) is 0 Å². The highest BCUT2D eigenvalue weighted by Gasteiger charge is 2.07. The first kappa shape index (κ1) is 11.9. The third kappa shape index (κ3) is 3.46. The topological polar surface area (TPSA) is 30.2 Å². The lowest BCUT2D eigenvalue weighted by Crippen LogP contribution is -2.04. The van der Waals surface area contributed by atoms with E-state index in [4.69, 9.17) is 16.0 Å². The molecule has 0 atom stereocenters. The Labute approximate surface area is 105 Å². The molecule has 88 valence electrons. The van der Waals surface area contributed by atoms with Gasteiger partial charge in [0.25, 0.3) is 0 Å². The van der Waals surface area contributed by atoms with Crippen LogP contribution in [0.4, 0.5) is 0 Å². The number of carbonyl (C=O) groups excluding carboxylic acids is 1. The molecule has 1 heterocycles. The molecule has 2 nitrogen and oxygen atoms in total. The molecule has 0 saturated heterocycles. The summed E-state index contributed by atoms with van der Waals surface area (Å²) in [6, 6.07) is 11.1. The van der Waals surface area contributed by atoms with E-state index in [1.807, 2.05) is 30.3 Å². The Morgan fingerprint density at radius 3 is 2.71 bits per heavy atom. The maximum absolute atomic E-state index is 11.8. The number of hydrogen-bond donors (Lipinski definition) is 0. The van der Waals surface area contributed by atoms with E-state index in [9.17, 15) is 4.79 Å². The van der Waals surface area contributed by atoms with Crippen molar-refractivity contribution < 1.29 is 9.21 Å². The standard InChI is InChI=1S/C14H13ClO2/c15-14-6-2-1-4-11(14)10-12(16)7-8-13-5-3-9-17-13/h1-6,9H,7-8,10H2. The summed E-state index contributed by atoms with van der Waals surface area (Å²) in [5.41, 5.74) is 0.888. The molecular weight excluding hydrogens is 236 g/mol. The highest BCUT2D eigenvalue weighted by molar-refractivity contribution is 6.31. The summed E-state index contributed by atoms with van der Waals surface area (Å²) in [6.45, 7) is 0. The van der Waals surface area contributed by atoms with Crippen LogP contribution in [0.1, 0.15) is 17.7 Å². The molecule has 0 fully saturated rings. The normalized spacial score (nSPS) is 10.4. The number of furan rings is 1. The summed E-state index contributed by atoms with van der Waals surface area (Å²) in [5.74, 6) is 1.02. The maximum atomic E-state index is 11.8. The van der Waals surface area contributed by atoms with E-state index in [2.05, 4.69) is 0 Å². The van der Waals surface area contributed by atoms with E-state index in [1.165, 1.54) is 0 Å². The number of hydrogen-bond acceptors (Lipinski definition) is 2. The van der Waals surface area contributed by atoms with Crippen LogP contribution in [-0.4, -0.2) is 5.78 Å². The van der Waals surface area contributed by atoms with Crippen molar-refractivity contribution in [2.45, 2.75) is 19.3 Å². The number of halogens is 1. The lowest BCUT2D eigenvalue weighted by atomic mass is 10.1. The fraction of sp³-hybridized carbons (Fsp3) is 0.214. The van der Waals surface area contributed by atoms with E-state index in [-0.39, 0.29) is 5.78 Å². The Balaban J connectivity index is 1.87. The smallest absolute Gasteiger partial charge is 0.137 e. The molecule has 1 aromatic carbocycles. The third-order valence-electron chi connectivity index (χ3n) is 2.58. The van der Waals surface area contributed by atoms with Gasteiger partial charge in [0.1, 0.15) is 11.5 Å². The molecule has 17 heavy (non-hydrogen) atoms. The van der Waals surface area contributed by atoms with Crippen LogP contribution >= 0.6 is 11.6 Å². The zero-order valence-corrected chi connectivity index (χ0v) is 10.1. The number of benzene rings is 1. The zero-order chi connectivity index (χ0) is 12.1. The molecule has 0 aliphatic heterocycles. The van der Waals surface area contributed by atoms with Gasteiger partial charge in [-0.3, -0.25) is 4.79 Å². The predicted octanol–water partition coefficient (Wildman–Crippen LogP) is 3.68. The Kier molecular flexibility index (Phi) is 3.99. The fourth-order valence-corrected chi connectivity index (χ4v) is 1.86. The number of Topliss-reactive ketones (excluding diaryl/α,β-unsaturated/α-hetero) is 1. The minimum atomic E-state index is 0.175. The lowest BCUT2D eigenvalue weighted by molar-refractivity contribution is -0.118. The van der Waals surface area contributed by atoms with Gasteiger partial charge in [0.2, 0.25) is 0 Å². The fourth-order valence-electron chi connectivity index (χ4n) is 1.66. The molecule has 0 unspecified atom stereocenters. The monoisotopic (exact) mass is 248 g/mol. The molecule has 0 radical (unpaired) electrons. The molecule has 2 aromatic rings. The van der Waals surface area contributed by atoms with Crippen molar-refractivity contribution in [3.8, 4) is 0 Å². The first-order chi connectivity index (χ1) is 8.25. The van der Waals surface area contributed by atoms with E-state index in [0.29, 0.717) is 24.3 Å². The van der Waals surface area contributed by atoms with Crippen LogP contribution in [0.2, 0.25) is 5.02 Å². The van der Waals surface area contributed by atoms with E-state index in [1.54, 1.807) is 12.3 Å². The number of rotatable bonds is 5. The van der Waals surface area contributed by atoms with E-state index < -0.39 is 0 Å². The van der Waals surface area contributed by atoms with E-state index >= 15 is 0 Å². The van der Waals surface area contributed by atoms with Crippen LogP contribution in [0.25, 0.3) is 0 Å². The van der Waals surface area contributed by atoms with Gasteiger partial charge >= 0.3 is 0 Å². The first-order valence-corrected chi connectivity index (χ1v) is 5.91. The van der Waals surface area contributed by atoms with Crippen molar-refractivity contribution >= 4 is 17.4 Å². The Morgan fingerprint density at radius 1 is 1.18 bits per heavy atom. The average molecular weight is 249 g/mol. The van der Waals surface area contributed by atoms with Crippen LogP contribution in [-0.2, 0) is 17.6 Å². The predicted molar refractivity (Wildman–Crippen MR) is 67.2 cm³/mol. The minimum absolute atomic E-state index is 0.175. The second kappa shape index (κ2) is 5.69. The summed E-state index contributed by atoms with van der Waals surface area (Å²) in [4.78, 5) is 11.8. The minimum Gasteiger partial charge on any atom is -0.469 e. The van der Waals surface area contributed by atoms with Crippen LogP contribution in [0, 0.1) is 0 Å². The molecule has 2 rings (SSSR count). The summed E-state index contributed by atoms with van der Waals surface area (Å²) in [6.07, 6.45) is 3.14.